The van der Waals surface area contributed by atoms with Crippen LogP contribution in [-0.4, -0.2) is 11.1 Å². The molecule has 0 aliphatic rings. The Morgan fingerprint density at radius 1 is 1.10 bits per heavy atom. The Kier molecular flexibility index (Phi) is 2.75. The molecular weight excluding hydrogens is 266 g/mol. The fraction of sp³-hybridized carbons (Fsp3) is 0. The first-order chi connectivity index (χ1) is 9.56. The van der Waals surface area contributed by atoms with Crippen LogP contribution in [0.25, 0.3) is 22.3 Å². The second-order valence-electron chi connectivity index (χ2n) is 4.26. The number of hydrogen-bond acceptors (Lipinski definition) is 2. The molecule has 3 nitrogen and oxygen atoms in total. The summed E-state index contributed by atoms with van der Waals surface area (Å²) in [4.78, 5) is 11.1. The number of halogens is 2. The average Bonchev–Trinajstić information content (AvgIpc) is 2.84. The van der Waals surface area contributed by atoms with E-state index < -0.39 is 17.6 Å². The summed E-state index contributed by atoms with van der Waals surface area (Å²) >= 11 is 0. The van der Waals surface area contributed by atoms with Gasteiger partial charge in [0.2, 0.25) is 0 Å². The second-order valence-corrected chi connectivity index (χ2v) is 4.26. The lowest BCUT2D eigenvalue weighted by atomic mass is 10.0. The van der Waals surface area contributed by atoms with Crippen molar-refractivity contribution in [3.05, 3.63) is 59.7 Å². The highest BCUT2D eigenvalue weighted by atomic mass is 19.1. The molecule has 20 heavy (non-hydrogen) atoms. The van der Waals surface area contributed by atoms with E-state index in [1.54, 1.807) is 6.07 Å². The number of para-hydroxylation sites is 1. The van der Waals surface area contributed by atoms with E-state index in [0.29, 0.717) is 5.39 Å². The highest BCUT2D eigenvalue weighted by molar-refractivity contribution is 5.96. The maximum absolute atomic E-state index is 13.6. The van der Waals surface area contributed by atoms with Crippen molar-refractivity contribution in [1.82, 2.24) is 0 Å². The second kappa shape index (κ2) is 4.45. The summed E-state index contributed by atoms with van der Waals surface area (Å²) in [6.45, 7) is 0. The van der Waals surface area contributed by atoms with Gasteiger partial charge >= 0.3 is 5.97 Å². The third kappa shape index (κ3) is 1.93. The molecule has 2 aromatic carbocycles. The Hall–Kier alpha value is -2.69. The Bertz CT molecular complexity index is 821. The van der Waals surface area contributed by atoms with E-state index in [1.165, 1.54) is 24.3 Å². The standard InChI is InChI=1S/C15H8F2O3/c16-9-4-5-10(11(7-9)15(18)19)13-6-8-2-1-3-12(17)14(8)20-13/h1-7H,(H,18,19). The Morgan fingerprint density at radius 2 is 1.90 bits per heavy atom. The number of carboxylic acid groups (broad SMARTS) is 1. The SMILES string of the molecule is O=C(O)c1cc(F)ccc1-c1cc2cccc(F)c2o1. The van der Waals surface area contributed by atoms with Gasteiger partial charge in [-0.1, -0.05) is 12.1 Å². The lowest BCUT2D eigenvalue weighted by Crippen LogP contribution is -1.99. The van der Waals surface area contributed by atoms with E-state index in [1.807, 2.05) is 0 Å². The molecule has 0 aliphatic carbocycles. The van der Waals surface area contributed by atoms with Crippen LogP contribution in [0.2, 0.25) is 0 Å². The Morgan fingerprint density at radius 3 is 2.60 bits per heavy atom. The first-order valence-corrected chi connectivity index (χ1v) is 5.77. The largest absolute Gasteiger partial charge is 0.478 e. The van der Waals surface area contributed by atoms with Crippen LogP contribution in [0.5, 0.6) is 0 Å². The fourth-order valence-electron chi connectivity index (χ4n) is 2.07. The highest BCUT2D eigenvalue weighted by Crippen LogP contribution is 2.31. The molecule has 0 radical (unpaired) electrons. The molecule has 0 saturated heterocycles. The molecule has 5 heteroatoms. The molecule has 1 N–H and O–H groups in total. The minimum atomic E-state index is -1.28. The molecule has 0 unspecified atom stereocenters. The molecule has 0 atom stereocenters. The smallest absolute Gasteiger partial charge is 0.336 e. The van der Waals surface area contributed by atoms with Crippen LogP contribution in [-0.2, 0) is 0 Å². The van der Waals surface area contributed by atoms with Crippen LogP contribution in [0.15, 0.2) is 46.9 Å². The van der Waals surface area contributed by atoms with Crippen molar-refractivity contribution in [2.75, 3.05) is 0 Å². The van der Waals surface area contributed by atoms with Gasteiger partial charge in [-0.25, -0.2) is 13.6 Å². The third-order valence-electron chi connectivity index (χ3n) is 2.97. The third-order valence-corrected chi connectivity index (χ3v) is 2.97. The normalized spacial score (nSPS) is 10.9. The zero-order valence-corrected chi connectivity index (χ0v) is 10.1. The van der Waals surface area contributed by atoms with Gasteiger partial charge in [0, 0.05) is 10.9 Å². The molecule has 0 spiro atoms. The van der Waals surface area contributed by atoms with Crippen LogP contribution >= 0.6 is 0 Å². The van der Waals surface area contributed by atoms with Gasteiger partial charge in [0.1, 0.15) is 11.6 Å². The Labute approximate surface area is 112 Å². The lowest BCUT2D eigenvalue weighted by Gasteiger charge is -2.02. The number of carbonyl (C=O) groups is 1. The first-order valence-electron chi connectivity index (χ1n) is 5.77. The number of rotatable bonds is 2. The van der Waals surface area contributed by atoms with Gasteiger partial charge in [0.25, 0.3) is 0 Å². The number of benzene rings is 2. The highest BCUT2D eigenvalue weighted by Gasteiger charge is 2.17. The average molecular weight is 274 g/mol. The predicted molar refractivity (Wildman–Crippen MR) is 68.5 cm³/mol. The van der Waals surface area contributed by atoms with Gasteiger partial charge < -0.3 is 9.52 Å². The van der Waals surface area contributed by atoms with Crippen LogP contribution in [0.3, 0.4) is 0 Å². The van der Waals surface area contributed by atoms with E-state index in [9.17, 15) is 13.6 Å². The molecule has 0 amide bonds. The van der Waals surface area contributed by atoms with Crippen LogP contribution in [0.1, 0.15) is 10.4 Å². The summed E-state index contributed by atoms with van der Waals surface area (Å²) in [5.74, 6) is -2.29. The topological polar surface area (TPSA) is 50.4 Å². The molecular formula is C15H8F2O3. The summed E-state index contributed by atoms with van der Waals surface area (Å²) in [5, 5.41) is 9.61. The molecule has 1 aromatic heterocycles. The van der Waals surface area contributed by atoms with E-state index in [0.717, 1.165) is 12.1 Å². The van der Waals surface area contributed by atoms with Crippen molar-refractivity contribution in [3.8, 4) is 11.3 Å². The molecule has 0 aliphatic heterocycles. The zero-order chi connectivity index (χ0) is 14.3. The van der Waals surface area contributed by atoms with E-state index in [2.05, 4.69) is 0 Å². The van der Waals surface area contributed by atoms with Crippen molar-refractivity contribution >= 4 is 16.9 Å². The molecule has 3 aromatic rings. The monoisotopic (exact) mass is 274 g/mol. The van der Waals surface area contributed by atoms with E-state index >= 15 is 0 Å². The molecule has 0 fully saturated rings. The van der Waals surface area contributed by atoms with Crippen LogP contribution in [0, 0.1) is 11.6 Å². The fourth-order valence-corrected chi connectivity index (χ4v) is 2.07. The van der Waals surface area contributed by atoms with Crippen molar-refractivity contribution in [2.24, 2.45) is 0 Å². The van der Waals surface area contributed by atoms with Gasteiger partial charge in [-0.05, 0) is 30.3 Å². The van der Waals surface area contributed by atoms with E-state index in [4.69, 9.17) is 9.52 Å². The first kappa shape index (κ1) is 12.3. The van der Waals surface area contributed by atoms with Crippen molar-refractivity contribution in [3.63, 3.8) is 0 Å². The quantitative estimate of drug-likeness (QED) is 0.766. The van der Waals surface area contributed by atoms with Gasteiger partial charge in [-0.2, -0.15) is 0 Å². The maximum atomic E-state index is 13.6. The van der Waals surface area contributed by atoms with Crippen molar-refractivity contribution in [1.29, 1.82) is 0 Å². The summed E-state index contributed by atoms with van der Waals surface area (Å²) in [7, 11) is 0. The summed E-state index contributed by atoms with van der Waals surface area (Å²) in [6, 6.07) is 9.28. The molecule has 0 saturated carbocycles. The number of fused-ring (bicyclic) bond motifs is 1. The van der Waals surface area contributed by atoms with Gasteiger partial charge in [0.15, 0.2) is 11.4 Å². The van der Waals surface area contributed by atoms with Crippen molar-refractivity contribution < 1.29 is 23.1 Å². The Balaban J connectivity index is 2.25. The summed E-state index contributed by atoms with van der Waals surface area (Å²) in [6.07, 6.45) is 0. The summed E-state index contributed by atoms with van der Waals surface area (Å²) in [5.41, 5.74) is 0.0159. The number of aromatic carboxylic acids is 1. The lowest BCUT2D eigenvalue weighted by molar-refractivity contribution is 0.0697. The number of furan rings is 1. The molecule has 1 heterocycles. The minimum absolute atomic E-state index is 0.0446. The van der Waals surface area contributed by atoms with Crippen LogP contribution in [0.4, 0.5) is 8.78 Å². The molecule has 0 bridgehead atoms. The minimum Gasteiger partial charge on any atom is -0.478 e. The molecule has 100 valence electrons. The van der Waals surface area contributed by atoms with Crippen LogP contribution < -0.4 is 0 Å². The predicted octanol–water partition coefficient (Wildman–Crippen LogP) is 4.08. The van der Waals surface area contributed by atoms with Crippen molar-refractivity contribution in [2.45, 2.75) is 0 Å². The maximum Gasteiger partial charge on any atom is 0.336 e. The zero-order valence-electron chi connectivity index (χ0n) is 10.1. The van der Waals surface area contributed by atoms with Gasteiger partial charge in [-0.15, -0.1) is 0 Å². The number of carboxylic acids is 1. The van der Waals surface area contributed by atoms with Gasteiger partial charge in [0.05, 0.1) is 5.56 Å². The molecule has 3 rings (SSSR count). The number of hydrogen-bond donors (Lipinski definition) is 1. The van der Waals surface area contributed by atoms with Gasteiger partial charge in [-0.3, -0.25) is 0 Å². The van der Waals surface area contributed by atoms with E-state index in [-0.39, 0.29) is 22.5 Å². The summed E-state index contributed by atoms with van der Waals surface area (Å²) < 4.78 is 32.1.